The van der Waals surface area contributed by atoms with Gasteiger partial charge in [-0.3, -0.25) is 9.78 Å². The van der Waals surface area contributed by atoms with Crippen molar-refractivity contribution in [3.63, 3.8) is 0 Å². The van der Waals surface area contributed by atoms with E-state index in [0.717, 1.165) is 10.9 Å². The molecule has 1 amide bonds. The topological polar surface area (TPSA) is 106 Å². The molecule has 29 heavy (non-hydrogen) atoms. The third-order valence-electron chi connectivity index (χ3n) is 4.50. The van der Waals surface area contributed by atoms with Gasteiger partial charge in [0, 0.05) is 23.3 Å². The predicted molar refractivity (Wildman–Crippen MR) is 107 cm³/mol. The number of pyridine rings is 2. The van der Waals surface area contributed by atoms with Crippen molar-refractivity contribution in [2.75, 3.05) is 12.4 Å². The van der Waals surface area contributed by atoms with Crippen LogP contribution in [0.5, 0.6) is 5.75 Å². The summed E-state index contributed by atoms with van der Waals surface area (Å²) in [6.07, 6.45) is 4.45. The summed E-state index contributed by atoms with van der Waals surface area (Å²) in [6, 6.07) is 12.8. The van der Waals surface area contributed by atoms with E-state index in [1.54, 1.807) is 19.2 Å². The number of nitrogens with zero attached hydrogens (tertiary/aromatic N) is 5. The van der Waals surface area contributed by atoms with E-state index in [1.807, 2.05) is 31.2 Å². The summed E-state index contributed by atoms with van der Waals surface area (Å²) in [6.45, 7) is 1.96. The van der Waals surface area contributed by atoms with Crippen molar-refractivity contribution in [1.82, 2.24) is 19.7 Å². The fourth-order valence-corrected chi connectivity index (χ4v) is 3.05. The first kappa shape index (κ1) is 18.1. The highest BCUT2D eigenvalue weighted by atomic mass is 16.5. The molecule has 1 aromatic carbocycles. The Labute approximate surface area is 166 Å². The van der Waals surface area contributed by atoms with Gasteiger partial charge < -0.3 is 10.1 Å². The zero-order chi connectivity index (χ0) is 20.4. The van der Waals surface area contributed by atoms with Crippen LogP contribution in [0.2, 0.25) is 0 Å². The van der Waals surface area contributed by atoms with Crippen LogP contribution in [0, 0.1) is 18.3 Å². The Morgan fingerprint density at radius 1 is 1.24 bits per heavy atom. The molecule has 8 nitrogen and oxygen atoms in total. The number of nitriles is 1. The van der Waals surface area contributed by atoms with Gasteiger partial charge in [-0.05, 0) is 36.8 Å². The van der Waals surface area contributed by atoms with Crippen LogP contribution in [0.25, 0.3) is 16.7 Å². The number of ether oxygens (including phenoxy) is 1. The first-order chi connectivity index (χ1) is 14.1. The van der Waals surface area contributed by atoms with Gasteiger partial charge in [0.25, 0.3) is 5.91 Å². The van der Waals surface area contributed by atoms with E-state index < -0.39 is 0 Å². The van der Waals surface area contributed by atoms with Gasteiger partial charge in [-0.2, -0.15) is 15.0 Å². The summed E-state index contributed by atoms with van der Waals surface area (Å²) in [5.74, 6) is 0.963. The molecule has 0 spiro atoms. The summed E-state index contributed by atoms with van der Waals surface area (Å²) >= 11 is 0. The van der Waals surface area contributed by atoms with Gasteiger partial charge in [-0.15, -0.1) is 0 Å². The van der Waals surface area contributed by atoms with Crippen molar-refractivity contribution in [2.24, 2.45) is 0 Å². The van der Waals surface area contributed by atoms with Crippen LogP contribution in [0.3, 0.4) is 0 Å². The molecule has 4 rings (SSSR count). The lowest BCUT2D eigenvalue weighted by Gasteiger charge is -2.12. The average Bonchev–Trinajstić information content (AvgIpc) is 3.16. The number of aromatic nitrogens is 4. The smallest absolute Gasteiger partial charge is 0.256 e. The Kier molecular flexibility index (Phi) is 4.63. The van der Waals surface area contributed by atoms with Gasteiger partial charge in [0.2, 0.25) is 0 Å². The Morgan fingerprint density at radius 3 is 2.76 bits per heavy atom. The Bertz CT molecular complexity index is 1260. The van der Waals surface area contributed by atoms with Crippen LogP contribution < -0.4 is 10.1 Å². The molecular weight excluding hydrogens is 368 g/mol. The Balaban J connectivity index is 1.83. The number of methoxy groups -OCH3 is 1. The van der Waals surface area contributed by atoms with Crippen molar-refractivity contribution in [3.8, 4) is 17.6 Å². The maximum Gasteiger partial charge on any atom is 0.256 e. The van der Waals surface area contributed by atoms with E-state index in [0.29, 0.717) is 22.6 Å². The molecule has 0 atom stereocenters. The number of anilines is 1. The summed E-state index contributed by atoms with van der Waals surface area (Å²) < 4.78 is 6.87. The minimum absolute atomic E-state index is 0.229. The first-order valence-corrected chi connectivity index (χ1v) is 8.76. The van der Waals surface area contributed by atoms with Crippen LogP contribution in [-0.2, 0) is 0 Å². The Morgan fingerprint density at radius 2 is 2.03 bits per heavy atom. The first-order valence-electron chi connectivity index (χ1n) is 8.76. The molecule has 8 heteroatoms. The zero-order valence-corrected chi connectivity index (χ0v) is 15.7. The van der Waals surface area contributed by atoms with Crippen LogP contribution in [0.4, 0.5) is 5.82 Å². The molecule has 0 radical (unpaired) electrons. The Hall–Kier alpha value is -4.25. The fraction of sp³-hybridized carbons (Fsp3) is 0.0952. The monoisotopic (exact) mass is 384 g/mol. The maximum atomic E-state index is 12.6. The summed E-state index contributed by atoms with van der Waals surface area (Å²) in [7, 11) is 1.58. The molecule has 0 saturated carbocycles. The van der Waals surface area contributed by atoms with E-state index in [2.05, 4.69) is 26.5 Å². The molecular formula is C21H16N6O2. The summed E-state index contributed by atoms with van der Waals surface area (Å²) in [4.78, 5) is 21.2. The number of carbonyl (C=O) groups excluding carboxylic acids is 1. The molecule has 0 fully saturated rings. The molecule has 4 aromatic rings. The lowest BCUT2D eigenvalue weighted by atomic mass is 10.1. The molecule has 0 bridgehead atoms. The molecule has 0 aliphatic heterocycles. The third-order valence-corrected chi connectivity index (χ3v) is 4.50. The van der Waals surface area contributed by atoms with E-state index in [1.165, 1.54) is 23.3 Å². The molecule has 3 heterocycles. The third kappa shape index (κ3) is 3.26. The lowest BCUT2D eigenvalue weighted by Crippen LogP contribution is -2.16. The number of hydrogen-bond acceptors (Lipinski definition) is 6. The zero-order valence-electron chi connectivity index (χ0n) is 15.7. The molecule has 0 unspecified atom stereocenters. The van der Waals surface area contributed by atoms with Crippen molar-refractivity contribution in [2.45, 2.75) is 6.92 Å². The fourth-order valence-electron chi connectivity index (χ4n) is 3.05. The second-order valence-electron chi connectivity index (χ2n) is 6.27. The highest BCUT2D eigenvalue weighted by Crippen LogP contribution is 2.29. The predicted octanol–water partition coefficient (Wildman–Crippen LogP) is 3.26. The van der Waals surface area contributed by atoms with Crippen LogP contribution in [-0.4, -0.2) is 32.8 Å². The van der Waals surface area contributed by atoms with Gasteiger partial charge >= 0.3 is 0 Å². The standard InChI is InChI=1S/C21H16N6O2/c1-13-10-18(25-19-16(13)4-3-5-17(19)29-2)27-20(15(11-22)12-24-27)26-21(28)14-6-8-23-9-7-14/h3-10,12H,1-2H3,(H,26,28). The van der Waals surface area contributed by atoms with Gasteiger partial charge in [-0.1, -0.05) is 12.1 Å². The SMILES string of the molecule is COc1cccc2c(C)cc(-n3ncc(C#N)c3NC(=O)c3ccncc3)nc12. The molecule has 0 aliphatic carbocycles. The number of benzene rings is 1. The van der Waals surface area contributed by atoms with Crippen LogP contribution in [0.15, 0.2) is 55.0 Å². The molecule has 142 valence electrons. The minimum atomic E-state index is -0.374. The van der Waals surface area contributed by atoms with Crippen LogP contribution in [0.1, 0.15) is 21.5 Å². The van der Waals surface area contributed by atoms with E-state index in [4.69, 9.17) is 4.74 Å². The number of amides is 1. The van der Waals surface area contributed by atoms with E-state index >= 15 is 0 Å². The van der Waals surface area contributed by atoms with Gasteiger partial charge in [0.15, 0.2) is 11.6 Å². The molecule has 0 saturated heterocycles. The van der Waals surface area contributed by atoms with Crippen LogP contribution >= 0.6 is 0 Å². The number of fused-ring (bicyclic) bond motifs is 1. The maximum absolute atomic E-state index is 12.6. The minimum Gasteiger partial charge on any atom is -0.494 e. The van der Waals surface area contributed by atoms with Gasteiger partial charge in [0.1, 0.15) is 22.9 Å². The number of aryl methyl sites for hydroxylation is 1. The summed E-state index contributed by atoms with van der Waals surface area (Å²) in [5, 5.41) is 17.4. The number of para-hydroxylation sites is 1. The number of rotatable bonds is 4. The van der Waals surface area contributed by atoms with Crippen molar-refractivity contribution in [1.29, 1.82) is 5.26 Å². The second-order valence-corrected chi connectivity index (χ2v) is 6.27. The second kappa shape index (κ2) is 7.40. The summed E-state index contributed by atoms with van der Waals surface area (Å²) in [5.41, 5.74) is 2.28. The highest BCUT2D eigenvalue weighted by molar-refractivity contribution is 6.04. The number of carbonyl (C=O) groups is 1. The average molecular weight is 384 g/mol. The highest BCUT2D eigenvalue weighted by Gasteiger charge is 2.18. The van der Waals surface area contributed by atoms with E-state index in [9.17, 15) is 10.1 Å². The van der Waals surface area contributed by atoms with Crippen molar-refractivity contribution >= 4 is 22.6 Å². The van der Waals surface area contributed by atoms with E-state index in [-0.39, 0.29) is 17.3 Å². The number of nitrogens with one attached hydrogen (secondary N) is 1. The quantitative estimate of drug-likeness (QED) is 0.579. The normalized spacial score (nSPS) is 10.5. The molecule has 1 N–H and O–H groups in total. The van der Waals surface area contributed by atoms with Crippen molar-refractivity contribution < 1.29 is 9.53 Å². The molecule has 0 aliphatic rings. The largest absolute Gasteiger partial charge is 0.494 e. The van der Waals surface area contributed by atoms with Crippen molar-refractivity contribution in [3.05, 3.63) is 71.7 Å². The molecule has 3 aromatic heterocycles. The number of hydrogen-bond donors (Lipinski definition) is 1. The lowest BCUT2D eigenvalue weighted by molar-refractivity contribution is 0.102. The van der Waals surface area contributed by atoms with Gasteiger partial charge in [0.05, 0.1) is 13.3 Å². The van der Waals surface area contributed by atoms with Gasteiger partial charge in [-0.25, -0.2) is 4.98 Å².